The first-order valence-electron chi connectivity index (χ1n) is 15.1. The van der Waals surface area contributed by atoms with Gasteiger partial charge in [-0.25, -0.2) is 17.5 Å². The number of carbonyl (C=O) groups is 2. The number of methoxy groups -OCH3 is 1. The highest BCUT2D eigenvalue weighted by molar-refractivity contribution is 7.88. The van der Waals surface area contributed by atoms with Crippen LogP contribution in [-0.2, 0) is 16.2 Å². The molecule has 2 N–H and O–H groups in total. The molecule has 5 rings (SSSR count). The van der Waals surface area contributed by atoms with E-state index in [0.29, 0.717) is 39.3 Å². The quantitative estimate of drug-likeness (QED) is 0.213. The molecule has 0 spiro atoms. The standard InChI is InChI=1S/C33H34ClF3N6O5S/c1-21-17-29(26-20-24(34)8-10-27(26)39-21)38-11-12-43(49(3,46)47)32(45)40-28-9-7-22(18-30(28)48-2)31(44)42-15-13-41(14-16-42)25-6-4-5-23(19-25)33(35,36)37/h4-10,17-20H,11-16H2,1-3H3,(H,38,39)(H,40,45). The number of piperazine rings is 1. The number of carbonyl (C=O) groups excluding carboxylic acids is 2. The largest absolute Gasteiger partial charge is 0.495 e. The van der Waals surface area contributed by atoms with Crippen LogP contribution in [0, 0.1) is 6.92 Å². The van der Waals surface area contributed by atoms with Gasteiger partial charge in [0.05, 0.1) is 36.7 Å². The molecule has 4 aromatic rings. The summed E-state index contributed by atoms with van der Waals surface area (Å²) in [6.07, 6.45) is -3.53. The van der Waals surface area contributed by atoms with Gasteiger partial charge in [-0.15, -0.1) is 0 Å². The van der Waals surface area contributed by atoms with Crippen LogP contribution in [0.1, 0.15) is 21.6 Å². The first-order chi connectivity index (χ1) is 23.1. The Bertz CT molecular complexity index is 1990. The third kappa shape index (κ3) is 8.46. The van der Waals surface area contributed by atoms with E-state index in [9.17, 15) is 31.2 Å². The number of sulfonamides is 1. The van der Waals surface area contributed by atoms with Crippen LogP contribution in [0.2, 0.25) is 5.02 Å². The summed E-state index contributed by atoms with van der Waals surface area (Å²) in [4.78, 5) is 34.4. The molecule has 1 saturated heterocycles. The van der Waals surface area contributed by atoms with Gasteiger partial charge in [0, 0.05) is 65.8 Å². The maximum atomic E-state index is 13.3. The zero-order valence-corrected chi connectivity index (χ0v) is 28.4. The van der Waals surface area contributed by atoms with Gasteiger partial charge in [0.15, 0.2) is 0 Å². The highest BCUT2D eigenvalue weighted by Gasteiger charge is 2.31. The topological polar surface area (TPSA) is 124 Å². The molecule has 16 heteroatoms. The van der Waals surface area contributed by atoms with Gasteiger partial charge in [-0.3, -0.25) is 9.78 Å². The van der Waals surface area contributed by atoms with E-state index in [0.717, 1.165) is 29.5 Å². The Balaban J connectivity index is 1.23. The Morgan fingerprint density at radius 1 is 1.00 bits per heavy atom. The molecule has 260 valence electrons. The number of aryl methyl sites for hydroxylation is 1. The van der Waals surface area contributed by atoms with Crippen LogP contribution in [0.25, 0.3) is 10.9 Å². The van der Waals surface area contributed by atoms with E-state index in [1.807, 2.05) is 6.92 Å². The van der Waals surface area contributed by atoms with Crippen molar-refractivity contribution in [1.82, 2.24) is 14.2 Å². The lowest BCUT2D eigenvalue weighted by atomic mass is 10.1. The first kappa shape index (κ1) is 35.5. The fourth-order valence-corrected chi connectivity index (χ4v) is 6.46. The molecule has 0 saturated carbocycles. The van der Waals surface area contributed by atoms with E-state index in [4.69, 9.17) is 16.3 Å². The minimum atomic E-state index is -4.45. The average molecular weight is 719 g/mol. The van der Waals surface area contributed by atoms with Crippen molar-refractivity contribution >= 4 is 61.5 Å². The van der Waals surface area contributed by atoms with Crippen LogP contribution in [0.5, 0.6) is 5.75 Å². The fourth-order valence-electron chi connectivity index (χ4n) is 5.52. The second kappa shape index (κ2) is 14.4. The molecule has 3 aromatic carbocycles. The first-order valence-corrected chi connectivity index (χ1v) is 17.4. The van der Waals surface area contributed by atoms with E-state index in [-0.39, 0.29) is 49.1 Å². The summed E-state index contributed by atoms with van der Waals surface area (Å²) in [6.45, 7) is 2.91. The smallest absolute Gasteiger partial charge is 0.416 e. The van der Waals surface area contributed by atoms with Crippen LogP contribution in [-0.4, -0.2) is 87.2 Å². The van der Waals surface area contributed by atoms with E-state index in [1.54, 1.807) is 40.1 Å². The molecule has 1 aromatic heterocycles. The van der Waals surface area contributed by atoms with E-state index in [1.165, 1.54) is 31.4 Å². The number of nitrogens with one attached hydrogen (secondary N) is 2. The van der Waals surface area contributed by atoms with Crippen LogP contribution in [0.15, 0.2) is 66.7 Å². The number of nitrogens with zero attached hydrogens (tertiary/aromatic N) is 4. The molecular weight excluding hydrogens is 685 g/mol. The van der Waals surface area contributed by atoms with Crippen LogP contribution in [0.3, 0.4) is 0 Å². The van der Waals surface area contributed by atoms with Gasteiger partial charge in [-0.2, -0.15) is 13.2 Å². The molecule has 1 aliphatic rings. The number of pyridine rings is 1. The van der Waals surface area contributed by atoms with E-state index in [2.05, 4.69) is 15.6 Å². The molecule has 0 bridgehead atoms. The maximum absolute atomic E-state index is 13.3. The van der Waals surface area contributed by atoms with E-state index >= 15 is 0 Å². The van der Waals surface area contributed by atoms with Crippen LogP contribution < -0.4 is 20.3 Å². The number of hydrogen-bond donors (Lipinski definition) is 2. The second-order valence-corrected chi connectivity index (χ2v) is 13.8. The molecule has 2 heterocycles. The minimum Gasteiger partial charge on any atom is -0.495 e. The molecule has 49 heavy (non-hydrogen) atoms. The highest BCUT2D eigenvalue weighted by Crippen LogP contribution is 2.32. The summed E-state index contributed by atoms with van der Waals surface area (Å²) in [6, 6.07) is 15.5. The van der Waals surface area contributed by atoms with Gasteiger partial charge >= 0.3 is 12.2 Å². The molecule has 11 nitrogen and oxygen atoms in total. The lowest BCUT2D eigenvalue weighted by Gasteiger charge is -2.36. The average Bonchev–Trinajstić information content (AvgIpc) is 3.05. The summed E-state index contributed by atoms with van der Waals surface area (Å²) in [5.41, 5.74) is 2.21. The molecule has 3 amide bonds. The molecule has 0 atom stereocenters. The molecule has 0 unspecified atom stereocenters. The normalized spacial score (nSPS) is 13.7. The van der Waals surface area contributed by atoms with Gasteiger partial charge in [-0.05, 0) is 67.6 Å². The van der Waals surface area contributed by atoms with Crippen molar-refractivity contribution in [2.45, 2.75) is 13.1 Å². The number of amides is 3. The summed E-state index contributed by atoms with van der Waals surface area (Å²) >= 11 is 6.17. The zero-order chi connectivity index (χ0) is 35.5. The number of hydrogen-bond acceptors (Lipinski definition) is 8. The monoisotopic (exact) mass is 718 g/mol. The predicted octanol–water partition coefficient (Wildman–Crippen LogP) is 6.09. The van der Waals surface area contributed by atoms with Gasteiger partial charge < -0.3 is 25.2 Å². The lowest BCUT2D eigenvalue weighted by Crippen LogP contribution is -2.48. The number of benzene rings is 3. The number of anilines is 3. The number of ether oxygens (including phenoxy) is 1. The fraction of sp³-hybridized carbons (Fsp3) is 0.303. The van der Waals surface area contributed by atoms with Gasteiger partial charge in [0.1, 0.15) is 5.75 Å². The van der Waals surface area contributed by atoms with Crippen molar-refractivity contribution in [3.05, 3.63) is 88.6 Å². The third-order valence-electron chi connectivity index (χ3n) is 7.95. The minimum absolute atomic E-state index is 0.0805. The maximum Gasteiger partial charge on any atom is 0.416 e. The number of halogens is 4. The van der Waals surface area contributed by atoms with Gasteiger partial charge in [-0.1, -0.05) is 17.7 Å². The number of fused-ring (bicyclic) bond motifs is 1. The van der Waals surface area contributed by atoms with Crippen LogP contribution in [0.4, 0.5) is 35.0 Å². The van der Waals surface area contributed by atoms with Gasteiger partial charge in [0.25, 0.3) is 5.91 Å². The molecule has 1 fully saturated rings. The lowest BCUT2D eigenvalue weighted by molar-refractivity contribution is -0.137. The predicted molar refractivity (Wildman–Crippen MR) is 183 cm³/mol. The summed E-state index contributed by atoms with van der Waals surface area (Å²) in [5.74, 6) is -0.201. The Morgan fingerprint density at radius 2 is 1.73 bits per heavy atom. The third-order valence-corrected chi connectivity index (χ3v) is 9.34. The molecule has 0 radical (unpaired) electrons. The van der Waals surface area contributed by atoms with Crippen molar-refractivity contribution in [3.63, 3.8) is 0 Å². The van der Waals surface area contributed by atoms with Crippen molar-refractivity contribution in [2.24, 2.45) is 0 Å². The number of rotatable bonds is 9. The Labute approximate surface area is 286 Å². The second-order valence-electron chi connectivity index (χ2n) is 11.4. The van der Waals surface area contributed by atoms with Crippen LogP contribution >= 0.6 is 11.6 Å². The Hall–Kier alpha value is -4.76. The van der Waals surface area contributed by atoms with Crippen molar-refractivity contribution in [2.75, 3.05) is 68.2 Å². The number of urea groups is 1. The SMILES string of the molecule is COc1cc(C(=O)N2CCN(c3cccc(C(F)(F)F)c3)CC2)ccc1NC(=O)N(CCNc1cc(C)nc2ccc(Cl)cc12)S(C)(=O)=O. The Kier molecular flexibility index (Phi) is 10.4. The molecule has 0 aliphatic carbocycles. The molecular formula is C33H34ClF3N6O5S. The number of aromatic nitrogens is 1. The van der Waals surface area contributed by atoms with Crippen molar-refractivity contribution in [1.29, 1.82) is 0 Å². The molecule has 1 aliphatic heterocycles. The highest BCUT2D eigenvalue weighted by atomic mass is 35.5. The van der Waals surface area contributed by atoms with Crippen molar-refractivity contribution in [3.8, 4) is 5.75 Å². The van der Waals surface area contributed by atoms with Gasteiger partial charge in [0.2, 0.25) is 10.0 Å². The summed E-state index contributed by atoms with van der Waals surface area (Å²) in [5, 5.41) is 6.99. The Morgan fingerprint density at radius 3 is 2.41 bits per heavy atom. The van der Waals surface area contributed by atoms with Crippen molar-refractivity contribution < 1.29 is 35.9 Å². The van der Waals surface area contributed by atoms with E-state index < -0.39 is 27.8 Å². The number of alkyl halides is 3. The summed E-state index contributed by atoms with van der Waals surface area (Å²) in [7, 11) is -2.65. The summed E-state index contributed by atoms with van der Waals surface area (Å²) < 4.78 is 70.9. The zero-order valence-electron chi connectivity index (χ0n) is 26.8.